The van der Waals surface area contributed by atoms with E-state index >= 15 is 0 Å². The first-order valence-corrected chi connectivity index (χ1v) is 3.21. The third kappa shape index (κ3) is 0.708. The molecule has 0 fully saturated rings. The topological polar surface area (TPSA) is 24.9 Å². The Morgan fingerprint density at radius 2 is 2.40 bits per heavy atom. The molecular formula is C7H7FN2. The maximum absolute atomic E-state index is 12.8. The Bertz CT molecular complexity index is 260. The van der Waals surface area contributed by atoms with Gasteiger partial charge < -0.3 is 5.32 Å². The van der Waals surface area contributed by atoms with E-state index in [0.29, 0.717) is 13.1 Å². The summed E-state index contributed by atoms with van der Waals surface area (Å²) in [5, 5.41) is 3.03. The first kappa shape index (κ1) is 5.80. The van der Waals surface area contributed by atoms with Crippen molar-refractivity contribution in [3.63, 3.8) is 0 Å². The molecule has 2 nitrogen and oxygen atoms in total. The molecule has 0 bridgehead atoms. The van der Waals surface area contributed by atoms with E-state index in [9.17, 15) is 4.39 Å². The van der Waals surface area contributed by atoms with Crippen molar-refractivity contribution in [1.82, 2.24) is 10.3 Å². The number of halogens is 1. The summed E-state index contributed by atoms with van der Waals surface area (Å²) in [4.78, 5) is 4.02. The molecular weight excluding hydrogens is 131 g/mol. The van der Waals surface area contributed by atoms with Crippen LogP contribution in [0.2, 0.25) is 0 Å². The molecule has 10 heavy (non-hydrogen) atoms. The Morgan fingerprint density at radius 3 is 3.20 bits per heavy atom. The molecule has 0 unspecified atom stereocenters. The minimum atomic E-state index is -0.144. The molecule has 0 saturated heterocycles. The average molecular weight is 138 g/mol. The third-order valence-electron chi connectivity index (χ3n) is 1.68. The van der Waals surface area contributed by atoms with Crippen molar-refractivity contribution in [3.8, 4) is 0 Å². The van der Waals surface area contributed by atoms with E-state index in [4.69, 9.17) is 0 Å². The van der Waals surface area contributed by atoms with Crippen LogP contribution in [-0.4, -0.2) is 4.98 Å². The van der Waals surface area contributed by atoms with Crippen molar-refractivity contribution < 1.29 is 4.39 Å². The maximum atomic E-state index is 12.8. The number of hydrogen-bond donors (Lipinski definition) is 1. The van der Waals surface area contributed by atoms with Gasteiger partial charge in [-0.2, -0.15) is 0 Å². The van der Waals surface area contributed by atoms with Gasteiger partial charge in [-0.05, 0) is 6.07 Å². The SMILES string of the molecule is Fc1ccnc2c1CNC2. The predicted octanol–water partition coefficient (Wildman–Crippen LogP) is 0.824. The fourth-order valence-corrected chi connectivity index (χ4v) is 1.15. The van der Waals surface area contributed by atoms with E-state index in [2.05, 4.69) is 10.3 Å². The van der Waals surface area contributed by atoms with Crippen molar-refractivity contribution in [2.24, 2.45) is 0 Å². The van der Waals surface area contributed by atoms with Crippen LogP contribution in [-0.2, 0) is 13.1 Å². The molecule has 1 aromatic rings. The van der Waals surface area contributed by atoms with E-state index in [-0.39, 0.29) is 5.82 Å². The molecule has 2 heterocycles. The van der Waals surface area contributed by atoms with Gasteiger partial charge in [-0.15, -0.1) is 0 Å². The van der Waals surface area contributed by atoms with Gasteiger partial charge in [0.1, 0.15) is 5.82 Å². The molecule has 2 rings (SSSR count). The third-order valence-corrected chi connectivity index (χ3v) is 1.68. The molecule has 0 amide bonds. The van der Waals surface area contributed by atoms with E-state index in [1.165, 1.54) is 12.3 Å². The predicted molar refractivity (Wildman–Crippen MR) is 34.7 cm³/mol. The molecule has 0 aliphatic carbocycles. The van der Waals surface area contributed by atoms with Gasteiger partial charge in [0.05, 0.1) is 5.69 Å². The highest BCUT2D eigenvalue weighted by Crippen LogP contribution is 2.14. The lowest BCUT2D eigenvalue weighted by atomic mass is 10.2. The van der Waals surface area contributed by atoms with Crippen molar-refractivity contribution >= 4 is 0 Å². The Morgan fingerprint density at radius 1 is 1.50 bits per heavy atom. The summed E-state index contributed by atoms with van der Waals surface area (Å²) in [6.45, 7) is 1.32. The van der Waals surface area contributed by atoms with Gasteiger partial charge in [-0.3, -0.25) is 4.98 Å². The number of nitrogens with zero attached hydrogens (tertiary/aromatic N) is 1. The fourth-order valence-electron chi connectivity index (χ4n) is 1.15. The second kappa shape index (κ2) is 2.02. The summed E-state index contributed by atoms with van der Waals surface area (Å²) in [5.41, 5.74) is 1.57. The summed E-state index contributed by atoms with van der Waals surface area (Å²) < 4.78 is 12.8. The number of hydrogen-bond acceptors (Lipinski definition) is 2. The number of fused-ring (bicyclic) bond motifs is 1. The minimum Gasteiger partial charge on any atom is -0.307 e. The van der Waals surface area contributed by atoms with Crippen molar-refractivity contribution in [3.05, 3.63) is 29.3 Å². The lowest BCUT2D eigenvalue weighted by Crippen LogP contribution is -2.00. The molecule has 3 heteroatoms. The fraction of sp³-hybridized carbons (Fsp3) is 0.286. The largest absolute Gasteiger partial charge is 0.307 e. The van der Waals surface area contributed by atoms with E-state index < -0.39 is 0 Å². The first-order valence-electron chi connectivity index (χ1n) is 3.21. The lowest BCUT2D eigenvalue weighted by Gasteiger charge is -1.95. The Hall–Kier alpha value is -0.960. The average Bonchev–Trinajstić information content (AvgIpc) is 2.36. The Kier molecular flexibility index (Phi) is 1.17. The van der Waals surface area contributed by atoms with Gasteiger partial charge in [-0.1, -0.05) is 0 Å². The molecule has 0 atom stereocenters. The first-order chi connectivity index (χ1) is 4.88. The maximum Gasteiger partial charge on any atom is 0.131 e. The highest BCUT2D eigenvalue weighted by atomic mass is 19.1. The van der Waals surface area contributed by atoms with E-state index in [1.54, 1.807) is 0 Å². The smallest absolute Gasteiger partial charge is 0.131 e. The molecule has 1 aliphatic rings. The number of pyridine rings is 1. The van der Waals surface area contributed by atoms with E-state index in [1.807, 2.05) is 0 Å². The van der Waals surface area contributed by atoms with Crippen LogP contribution in [0.25, 0.3) is 0 Å². The molecule has 0 radical (unpaired) electrons. The van der Waals surface area contributed by atoms with Gasteiger partial charge in [0, 0.05) is 24.8 Å². The standard InChI is InChI=1S/C7H7FN2/c8-6-1-2-10-7-4-9-3-5(6)7/h1-2,9H,3-4H2. The van der Waals surface area contributed by atoms with E-state index in [0.717, 1.165) is 11.3 Å². The summed E-state index contributed by atoms with van der Waals surface area (Å²) in [6.07, 6.45) is 1.50. The molecule has 1 aromatic heterocycles. The zero-order valence-electron chi connectivity index (χ0n) is 5.39. The van der Waals surface area contributed by atoms with Gasteiger partial charge in [0.25, 0.3) is 0 Å². The summed E-state index contributed by atoms with van der Waals surface area (Å²) in [7, 11) is 0. The molecule has 0 spiro atoms. The van der Waals surface area contributed by atoms with Crippen LogP contribution in [0.4, 0.5) is 4.39 Å². The zero-order chi connectivity index (χ0) is 6.97. The molecule has 0 saturated carbocycles. The van der Waals surface area contributed by atoms with Crippen LogP contribution < -0.4 is 5.32 Å². The van der Waals surface area contributed by atoms with Crippen molar-refractivity contribution in [2.45, 2.75) is 13.1 Å². The van der Waals surface area contributed by atoms with Gasteiger partial charge in [0.2, 0.25) is 0 Å². The molecule has 1 aliphatic heterocycles. The van der Waals surface area contributed by atoms with Gasteiger partial charge >= 0.3 is 0 Å². The van der Waals surface area contributed by atoms with Gasteiger partial charge in [0.15, 0.2) is 0 Å². The van der Waals surface area contributed by atoms with Crippen LogP contribution in [0.3, 0.4) is 0 Å². The van der Waals surface area contributed by atoms with Crippen molar-refractivity contribution in [1.29, 1.82) is 0 Å². The Labute approximate surface area is 58.1 Å². The molecule has 52 valence electrons. The second-order valence-electron chi connectivity index (χ2n) is 2.32. The monoisotopic (exact) mass is 138 g/mol. The van der Waals surface area contributed by atoms with Crippen LogP contribution in [0.1, 0.15) is 11.3 Å². The summed E-state index contributed by atoms with van der Waals surface area (Å²) in [6, 6.07) is 1.39. The quantitative estimate of drug-likeness (QED) is 0.574. The van der Waals surface area contributed by atoms with Crippen LogP contribution in [0, 0.1) is 5.82 Å². The minimum absolute atomic E-state index is 0.144. The summed E-state index contributed by atoms with van der Waals surface area (Å²) in [5.74, 6) is -0.144. The normalized spacial score (nSPS) is 15.3. The van der Waals surface area contributed by atoms with Crippen molar-refractivity contribution in [2.75, 3.05) is 0 Å². The number of rotatable bonds is 0. The number of nitrogens with one attached hydrogen (secondary N) is 1. The highest BCUT2D eigenvalue weighted by molar-refractivity contribution is 5.24. The van der Waals surface area contributed by atoms with Crippen LogP contribution >= 0.6 is 0 Å². The van der Waals surface area contributed by atoms with Crippen LogP contribution in [0.5, 0.6) is 0 Å². The van der Waals surface area contributed by atoms with Crippen LogP contribution in [0.15, 0.2) is 12.3 Å². The zero-order valence-corrected chi connectivity index (χ0v) is 5.39. The lowest BCUT2D eigenvalue weighted by molar-refractivity contribution is 0.606. The molecule has 1 N–H and O–H groups in total. The van der Waals surface area contributed by atoms with Gasteiger partial charge in [-0.25, -0.2) is 4.39 Å². The number of aromatic nitrogens is 1. The second-order valence-corrected chi connectivity index (χ2v) is 2.32. The molecule has 0 aromatic carbocycles. The highest BCUT2D eigenvalue weighted by Gasteiger charge is 2.14. The summed E-state index contributed by atoms with van der Waals surface area (Å²) >= 11 is 0. The Balaban J connectivity index is 2.59.